The molecule has 6 N–H and O–H groups in total. The molecule has 13 heteroatoms. The number of carbonyl (C=O) groups excluding carboxylic acids is 1. The van der Waals surface area contributed by atoms with Crippen LogP contribution in [-0.4, -0.2) is 22.9 Å². The quantitative estimate of drug-likeness (QED) is 0.466. The number of nitrogens with one attached hydrogen (secondary N) is 2. The number of para-hydroxylation sites is 1. The van der Waals surface area contributed by atoms with Crippen LogP contribution in [0.3, 0.4) is 0 Å². The fraction of sp³-hybridized carbons (Fsp3) is 0.0625. The zero-order chi connectivity index (χ0) is 21.6. The number of rotatable bonds is 4. The number of sulfonamides is 2. The summed E-state index contributed by atoms with van der Waals surface area (Å²) in [6.07, 6.45) is 0. The number of hydrogen-bond donors (Lipinski definition) is 4. The molecule has 154 valence electrons. The van der Waals surface area contributed by atoms with E-state index in [9.17, 15) is 21.6 Å². The van der Waals surface area contributed by atoms with Crippen LogP contribution in [0.5, 0.6) is 0 Å². The number of primary sulfonamides is 2. The number of nitrogens with two attached hydrogens (primary N) is 2. The van der Waals surface area contributed by atoms with Crippen LogP contribution in [0.4, 0.5) is 16.4 Å². The molecule has 2 aromatic carbocycles. The van der Waals surface area contributed by atoms with Crippen molar-refractivity contribution in [2.75, 3.05) is 10.6 Å². The molecule has 1 aromatic heterocycles. The van der Waals surface area contributed by atoms with Gasteiger partial charge in [0.2, 0.25) is 25.9 Å². The Morgan fingerprint density at radius 2 is 1.62 bits per heavy atom. The Hall–Kier alpha value is -2.64. The van der Waals surface area contributed by atoms with Crippen LogP contribution in [0.1, 0.15) is 5.56 Å². The van der Waals surface area contributed by atoms with E-state index in [1.807, 2.05) is 12.1 Å². The van der Waals surface area contributed by atoms with Crippen molar-refractivity contribution in [2.24, 2.45) is 10.3 Å². The molecule has 3 aromatic rings. The summed E-state index contributed by atoms with van der Waals surface area (Å²) in [5, 5.41) is 15.3. The fourth-order valence-corrected chi connectivity index (χ4v) is 4.51. The van der Waals surface area contributed by atoms with Gasteiger partial charge in [-0.1, -0.05) is 29.8 Å². The number of urea groups is 1. The Bertz CT molecular complexity index is 1350. The minimum absolute atomic E-state index is 0.146. The lowest BCUT2D eigenvalue weighted by Gasteiger charge is -2.13. The SMILES string of the molecule is Cc1c(NC(=O)Nc2cc(Cl)c(S(N)(=O)=O)cc2S(N)(=O)=O)oc2ccccc12. The van der Waals surface area contributed by atoms with Gasteiger partial charge in [-0.25, -0.2) is 31.9 Å². The number of amides is 2. The molecule has 29 heavy (non-hydrogen) atoms. The zero-order valence-corrected chi connectivity index (χ0v) is 17.2. The van der Waals surface area contributed by atoms with Crippen molar-refractivity contribution in [3.63, 3.8) is 0 Å². The van der Waals surface area contributed by atoms with Crippen molar-refractivity contribution in [1.82, 2.24) is 0 Å². The van der Waals surface area contributed by atoms with E-state index >= 15 is 0 Å². The number of furan rings is 1. The van der Waals surface area contributed by atoms with Crippen molar-refractivity contribution >= 4 is 60.2 Å². The van der Waals surface area contributed by atoms with Gasteiger partial charge in [0.25, 0.3) is 0 Å². The van der Waals surface area contributed by atoms with Gasteiger partial charge in [0.1, 0.15) is 15.4 Å². The molecule has 0 unspecified atom stereocenters. The van der Waals surface area contributed by atoms with Gasteiger partial charge in [-0.15, -0.1) is 0 Å². The first kappa shape index (κ1) is 21.1. The minimum atomic E-state index is -4.42. The van der Waals surface area contributed by atoms with Gasteiger partial charge in [0, 0.05) is 10.9 Å². The molecule has 0 spiro atoms. The summed E-state index contributed by atoms with van der Waals surface area (Å²) in [5.41, 5.74) is 0.868. The molecule has 0 aliphatic rings. The van der Waals surface area contributed by atoms with Crippen LogP contribution in [0.15, 0.2) is 50.6 Å². The van der Waals surface area contributed by atoms with Crippen LogP contribution in [0, 0.1) is 6.92 Å². The van der Waals surface area contributed by atoms with Crippen LogP contribution in [-0.2, 0) is 20.0 Å². The first-order chi connectivity index (χ1) is 13.4. The lowest BCUT2D eigenvalue weighted by atomic mass is 10.2. The van der Waals surface area contributed by atoms with E-state index in [0.29, 0.717) is 17.2 Å². The van der Waals surface area contributed by atoms with Crippen LogP contribution in [0.2, 0.25) is 5.02 Å². The van der Waals surface area contributed by atoms with Crippen molar-refractivity contribution in [3.05, 3.63) is 47.0 Å². The Morgan fingerprint density at radius 1 is 1.00 bits per heavy atom. The zero-order valence-electron chi connectivity index (χ0n) is 14.8. The van der Waals surface area contributed by atoms with Gasteiger partial charge in [-0.2, -0.15) is 0 Å². The highest BCUT2D eigenvalue weighted by atomic mass is 35.5. The highest BCUT2D eigenvalue weighted by Gasteiger charge is 2.24. The van der Waals surface area contributed by atoms with Crippen molar-refractivity contribution in [1.29, 1.82) is 0 Å². The third-order valence-corrected chi connectivity index (χ3v) is 6.29. The number of halogens is 1. The number of aryl methyl sites for hydroxylation is 1. The molecule has 0 atom stereocenters. The van der Waals surface area contributed by atoms with Crippen LogP contribution < -0.4 is 20.9 Å². The molecule has 1 heterocycles. The minimum Gasteiger partial charge on any atom is -0.440 e. The van der Waals surface area contributed by atoms with Gasteiger partial charge in [0.05, 0.1) is 10.7 Å². The van der Waals surface area contributed by atoms with Gasteiger partial charge in [0.15, 0.2) is 0 Å². The van der Waals surface area contributed by atoms with Gasteiger partial charge < -0.3 is 9.73 Å². The second kappa shape index (κ2) is 7.31. The maximum Gasteiger partial charge on any atom is 0.326 e. The van der Waals surface area contributed by atoms with E-state index in [0.717, 1.165) is 11.5 Å². The number of hydrogen-bond acceptors (Lipinski definition) is 6. The topological polar surface area (TPSA) is 175 Å². The summed E-state index contributed by atoms with van der Waals surface area (Å²) >= 11 is 5.87. The lowest BCUT2D eigenvalue weighted by molar-refractivity contribution is 0.261. The Morgan fingerprint density at radius 3 is 2.21 bits per heavy atom. The predicted molar refractivity (Wildman–Crippen MR) is 108 cm³/mol. The molecule has 0 saturated carbocycles. The van der Waals surface area contributed by atoms with E-state index in [4.69, 9.17) is 26.3 Å². The lowest BCUT2D eigenvalue weighted by Crippen LogP contribution is -2.23. The Balaban J connectivity index is 1.97. The number of fused-ring (bicyclic) bond motifs is 1. The summed E-state index contributed by atoms with van der Waals surface area (Å²) in [6.45, 7) is 1.73. The fourth-order valence-electron chi connectivity index (χ4n) is 2.64. The van der Waals surface area contributed by atoms with E-state index < -0.39 is 40.9 Å². The second-order valence-corrected chi connectivity index (χ2v) is 9.47. The largest absolute Gasteiger partial charge is 0.440 e. The highest BCUT2D eigenvalue weighted by molar-refractivity contribution is 7.90. The third-order valence-electron chi connectivity index (χ3n) is 3.97. The number of anilines is 2. The molecule has 3 rings (SSSR count). The Labute approximate surface area is 170 Å². The molecule has 2 amide bonds. The van der Waals surface area contributed by atoms with Crippen LogP contribution in [0.25, 0.3) is 11.0 Å². The number of carbonyl (C=O) groups is 1. The number of benzene rings is 2. The van der Waals surface area contributed by atoms with Gasteiger partial charge in [-0.3, -0.25) is 5.32 Å². The summed E-state index contributed by atoms with van der Waals surface area (Å²) in [5.74, 6) is 0.146. The average molecular weight is 459 g/mol. The third kappa shape index (κ3) is 4.36. The maximum atomic E-state index is 12.4. The monoisotopic (exact) mass is 458 g/mol. The summed E-state index contributed by atoms with van der Waals surface area (Å²) in [7, 11) is -8.75. The molecule has 0 radical (unpaired) electrons. The molecule has 0 fully saturated rings. The van der Waals surface area contributed by atoms with Crippen molar-refractivity contribution in [2.45, 2.75) is 16.7 Å². The molecular weight excluding hydrogens is 444 g/mol. The average Bonchev–Trinajstić information content (AvgIpc) is 2.88. The molecule has 0 bridgehead atoms. The van der Waals surface area contributed by atoms with Crippen molar-refractivity contribution < 1.29 is 26.0 Å². The highest BCUT2D eigenvalue weighted by Crippen LogP contribution is 2.32. The van der Waals surface area contributed by atoms with Gasteiger partial charge >= 0.3 is 6.03 Å². The molecular formula is C16H15ClN4O6S2. The normalized spacial score (nSPS) is 12.1. The molecule has 0 aliphatic heterocycles. The van der Waals surface area contributed by atoms with Crippen LogP contribution >= 0.6 is 11.6 Å². The van der Waals surface area contributed by atoms with Crippen molar-refractivity contribution in [3.8, 4) is 0 Å². The maximum absolute atomic E-state index is 12.4. The standard InChI is InChI=1S/C16H15ClN4O6S2/c1-8-9-4-2-3-5-12(9)27-15(8)21-16(22)20-11-6-10(17)13(28(18,23)24)7-14(11)29(19,25)26/h2-7H,1H3,(H2,18,23,24)(H2,19,25,26)(H2,20,21,22). The Kier molecular flexibility index (Phi) is 5.32. The second-order valence-electron chi connectivity index (χ2n) is 6.00. The first-order valence-corrected chi connectivity index (χ1v) is 11.3. The predicted octanol–water partition coefficient (Wildman–Crippen LogP) is 2.33. The summed E-state index contributed by atoms with van der Waals surface area (Å²) < 4.78 is 52.4. The summed E-state index contributed by atoms with van der Waals surface area (Å²) in [4.78, 5) is 11.1. The first-order valence-electron chi connectivity index (χ1n) is 7.83. The smallest absolute Gasteiger partial charge is 0.326 e. The molecule has 0 saturated heterocycles. The molecule has 0 aliphatic carbocycles. The van der Waals surface area contributed by atoms with Gasteiger partial charge in [-0.05, 0) is 25.1 Å². The van der Waals surface area contributed by atoms with E-state index in [2.05, 4.69) is 10.6 Å². The van der Waals surface area contributed by atoms with E-state index in [-0.39, 0.29) is 11.6 Å². The molecule has 10 nitrogen and oxygen atoms in total. The van der Waals surface area contributed by atoms with E-state index in [1.54, 1.807) is 19.1 Å². The summed E-state index contributed by atoms with van der Waals surface area (Å²) in [6, 6.07) is 7.83. The van der Waals surface area contributed by atoms with E-state index in [1.165, 1.54) is 0 Å².